The van der Waals surface area contributed by atoms with Gasteiger partial charge in [0.05, 0.1) is 5.60 Å². The van der Waals surface area contributed by atoms with E-state index in [1.54, 1.807) is 0 Å². The van der Waals surface area contributed by atoms with Crippen LogP contribution in [0.1, 0.15) is 39.5 Å². The first-order valence-corrected chi connectivity index (χ1v) is 4.34. The molecule has 1 heteroatoms. The highest BCUT2D eigenvalue weighted by Crippen LogP contribution is 2.51. The van der Waals surface area contributed by atoms with E-state index in [0.29, 0.717) is 5.60 Å². The fourth-order valence-corrected chi connectivity index (χ4v) is 1.96. The minimum Gasteiger partial charge on any atom is -0.378 e. The molecule has 0 aromatic heterocycles. The van der Waals surface area contributed by atoms with Gasteiger partial charge in [-0.1, -0.05) is 26.7 Å². The van der Waals surface area contributed by atoms with Crippen LogP contribution >= 0.6 is 0 Å². The van der Waals surface area contributed by atoms with Crippen molar-refractivity contribution in [2.45, 2.75) is 45.1 Å². The van der Waals surface area contributed by atoms with Crippen molar-refractivity contribution in [2.24, 2.45) is 5.92 Å². The van der Waals surface area contributed by atoms with Gasteiger partial charge in [0.25, 0.3) is 0 Å². The van der Waals surface area contributed by atoms with Gasteiger partial charge in [0, 0.05) is 7.11 Å². The lowest BCUT2D eigenvalue weighted by Gasteiger charge is -2.13. The van der Waals surface area contributed by atoms with E-state index in [-0.39, 0.29) is 0 Å². The van der Waals surface area contributed by atoms with Crippen molar-refractivity contribution in [3.05, 3.63) is 0 Å². The van der Waals surface area contributed by atoms with Crippen molar-refractivity contribution in [2.75, 3.05) is 7.11 Å². The van der Waals surface area contributed by atoms with E-state index in [2.05, 4.69) is 13.8 Å². The first-order valence-electron chi connectivity index (χ1n) is 4.34. The zero-order chi connectivity index (χ0) is 7.61. The van der Waals surface area contributed by atoms with Crippen molar-refractivity contribution in [3.8, 4) is 0 Å². The van der Waals surface area contributed by atoms with Crippen molar-refractivity contribution in [1.82, 2.24) is 0 Å². The molecule has 0 amide bonds. The Morgan fingerprint density at radius 1 is 1.50 bits per heavy atom. The Labute approximate surface area is 63.8 Å². The summed E-state index contributed by atoms with van der Waals surface area (Å²) in [7, 11) is 1.85. The van der Waals surface area contributed by atoms with Crippen LogP contribution in [-0.2, 0) is 4.74 Å². The molecule has 1 rings (SSSR count). The third kappa shape index (κ3) is 1.20. The summed E-state index contributed by atoms with van der Waals surface area (Å²) in [5.74, 6) is 0.859. The van der Waals surface area contributed by atoms with Crippen LogP contribution in [0.15, 0.2) is 0 Å². The van der Waals surface area contributed by atoms with Gasteiger partial charge in [-0.3, -0.25) is 0 Å². The number of hydrogen-bond donors (Lipinski definition) is 0. The summed E-state index contributed by atoms with van der Waals surface area (Å²) in [6.45, 7) is 4.48. The lowest BCUT2D eigenvalue weighted by Crippen LogP contribution is -2.14. The van der Waals surface area contributed by atoms with Gasteiger partial charge >= 0.3 is 0 Å². The molecule has 0 aromatic rings. The largest absolute Gasteiger partial charge is 0.378 e. The number of rotatable bonds is 4. The van der Waals surface area contributed by atoms with Crippen molar-refractivity contribution < 1.29 is 4.74 Å². The summed E-state index contributed by atoms with van der Waals surface area (Å²) in [6.07, 6.45) is 5.09. The molecular weight excluding hydrogens is 124 g/mol. The molecule has 0 aromatic carbocycles. The van der Waals surface area contributed by atoms with E-state index in [1.165, 1.54) is 25.7 Å². The van der Waals surface area contributed by atoms with E-state index < -0.39 is 0 Å². The molecule has 1 aliphatic rings. The molecule has 60 valence electrons. The van der Waals surface area contributed by atoms with Gasteiger partial charge in [0.2, 0.25) is 0 Å². The summed E-state index contributed by atoms with van der Waals surface area (Å²) >= 11 is 0. The molecule has 0 saturated heterocycles. The van der Waals surface area contributed by atoms with Gasteiger partial charge in [-0.25, -0.2) is 0 Å². The molecule has 2 unspecified atom stereocenters. The molecule has 2 atom stereocenters. The lowest BCUT2D eigenvalue weighted by atomic mass is 10.1. The SMILES string of the molecule is CCCC1(OC)CC1CC. The van der Waals surface area contributed by atoms with Crippen LogP contribution in [0.4, 0.5) is 0 Å². The molecule has 0 radical (unpaired) electrons. The average Bonchev–Trinajstić information content (AvgIpc) is 2.65. The highest BCUT2D eigenvalue weighted by atomic mass is 16.5. The summed E-state index contributed by atoms with van der Waals surface area (Å²) in [4.78, 5) is 0. The van der Waals surface area contributed by atoms with Gasteiger partial charge < -0.3 is 4.74 Å². The lowest BCUT2D eigenvalue weighted by molar-refractivity contribution is 0.0567. The van der Waals surface area contributed by atoms with E-state index in [1.807, 2.05) is 7.11 Å². The van der Waals surface area contributed by atoms with Crippen LogP contribution in [0, 0.1) is 5.92 Å². The van der Waals surface area contributed by atoms with Crippen molar-refractivity contribution >= 4 is 0 Å². The van der Waals surface area contributed by atoms with E-state index in [9.17, 15) is 0 Å². The number of methoxy groups -OCH3 is 1. The van der Waals surface area contributed by atoms with Crippen molar-refractivity contribution in [3.63, 3.8) is 0 Å². The first-order chi connectivity index (χ1) is 4.79. The highest BCUT2D eigenvalue weighted by Gasteiger charge is 2.52. The van der Waals surface area contributed by atoms with Gasteiger partial charge in [-0.15, -0.1) is 0 Å². The Balaban J connectivity index is 2.34. The van der Waals surface area contributed by atoms with Gasteiger partial charge in [0.1, 0.15) is 0 Å². The maximum atomic E-state index is 5.49. The Morgan fingerprint density at radius 3 is 2.50 bits per heavy atom. The second-order valence-corrected chi connectivity index (χ2v) is 3.33. The average molecular weight is 142 g/mol. The molecule has 0 spiro atoms. The minimum absolute atomic E-state index is 0.309. The van der Waals surface area contributed by atoms with Gasteiger partial charge in [-0.05, 0) is 18.8 Å². The molecule has 1 aliphatic carbocycles. The molecule has 1 nitrogen and oxygen atoms in total. The topological polar surface area (TPSA) is 9.23 Å². The fraction of sp³-hybridized carbons (Fsp3) is 1.00. The molecular formula is C9H18O. The van der Waals surface area contributed by atoms with Crippen LogP contribution in [0.2, 0.25) is 0 Å². The van der Waals surface area contributed by atoms with Crippen LogP contribution in [0.3, 0.4) is 0 Å². The van der Waals surface area contributed by atoms with Gasteiger partial charge in [0.15, 0.2) is 0 Å². The van der Waals surface area contributed by atoms with Crippen molar-refractivity contribution in [1.29, 1.82) is 0 Å². The Bertz CT molecular complexity index is 111. The maximum Gasteiger partial charge on any atom is 0.0711 e. The predicted octanol–water partition coefficient (Wildman–Crippen LogP) is 2.60. The summed E-state index contributed by atoms with van der Waals surface area (Å²) in [6, 6.07) is 0. The molecule has 0 N–H and O–H groups in total. The smallest absolute Gasteiger partial charge is 0.0711 e. The van der Waals surface area contributed by atoms with E-state index >= 15 is 0 Å². The molecule has 1 saturated carbocycles. The second kappa shape index (κ2) is 2.91. The monoisotopic (exact) mass is 142 g/mol. The van der Waals surface area contributed by atoms with Crippen LogP contribution < -0.4 is 0 Å². The van der Waals surface area contributed by atoms with Gasteiger partial charge in [-0.2, -0.15) is 0 Å². The van der Waals surface area contributed by atoms with Crippen LogP contribution in [0.25, 0.3) is 0 Å². The second-order valence-electron chi connectivity index (χ2n) is 3.33. The number of hydrogen-bond acceptors (Lipinski definition) is 1. The zero-order valence-electron chi connectivity index (χ0n) is 7.31. The first kappa shape index (κ1) is 8.06. The normalized spacial score (nSPS) is 38.1. The predicted molar refractivity (Wildman–Crippen MR) is 43.0 cm³/mol. The zero-order valence-corrected chi connectivity index (χ0v) is 7.31. The van der Waals surface area contributed by atoms with E-state index in [0.717, 1.165) is 5.92 Å². The fourth-order valence-electron chi connectivity index (χ4n) is 1.96. The maximum absolute atomic E-state index is 5.49. The third-order valence-electron chi connectivity index (χ3n) is 2.75. The summed E-state index contributed by atoms with van der Waals surface area (Å²) in [5, 5.41) is 0. The molecule has 0 heterocycles. The molecule has 0 aliphatic heterocycles. The standard InChI is InChI=1S/C9H18O/c1-4-6-9(10-3)7-8(9)5-2/h8H,4-7H2,1-3H3. The highest BCUT2D eigenvalue weighted by molar-refractivity contribution is 5.03. The molecule has 0 bridgehead atoms. The molecule has 1 fully saturated rings. The van der Waals surface area contributed by atoms with Crippen LogP contribution in [0.5, 0.6) is 0 Å². The Hall–Kier alpha value is -0.0400. The van der Waals surface area contributed by atoms with E-state index in [4.69, 9.17) is 4.74 Å². The summed E-state index contributed by atoms with van der Waals surface area (Å²) < 4.78 is 5.49. The number of ether oxygens (including phenoxy) is 1. The minimum atomic E-state index is 0.309. The quantitative estimate of drug-likeness (QED) is 0.586. The Kier molecular flexibility index (Phi) is 2.35. The Morgan fingerprint density at radius 2 is 2.20 bits per heavy atom. The summed E-state index contributed by atoms with van der Waals surface area (Å²) in [5.41, 5.74) is 0.309. The van der Waals surface area contributed by atoms with Crippen LogP contribution in [-0.4, -0.2) is 12.7 Å². The molecule has 10 heavy (non-hydrogen) atoms. The third-order valence-corrected chi connectivity index (χ3v) is 2.75.